The number of rotatable bonds is 3. The van der Waals surface area contributed by atoms with Gasteiger partial charge in [-0.2, -0.15) is 0 Å². The lowest BCUT2D eigenvalue weighted by molar-refractivity contribution is -0.152. The normalized spacial score (nSPS) is 18.5. The average Bonchev–Trinajstić information content (AvgIpc) is 3.00. The van der Waals surface area contributed by atoms with Crippen molar-refractivity contribution in [2.45, 2.75) is 25.5 Å². The van der Waals surface area contributed by atoms with E-state index in [2.05, 4.69) is 30.9 Å². The van der Waals surface area contributed by atoms with Crippen LogP contribution in [0.1, 0.15) is 18.7 Å². The Hall–Kier alpha value is -1.96. The predicted molar refractivity (Wildman–Crippen MR) is 77.2 cm³/mol. The molecule has 3 heterocycles. The zero-order valence-electron chi connectivity index (χ0n) is 11.3. The number of nitrogens with one attached hydrogen (secondary N) is 1. The first-order valence-corrected chi connectivity index (χ1v) is 7.26. The van der Waals surface area contributed by atoms with Crippen LogP contribution in [0, 0.1) is 0 Å². The van der Waals surface area contributed by atoms with E-state index in [1.54, 1.807) is 13.2 Å². The van der Waals surface area contributed by atoms with Gasteiger partial charge in [0.2, 0.25) is 5.91 Å². The van der Waals surface area contributed by atoms with Crippen LogP contribution in [-0.4, -0.2) is 44.8 Å². The number of H-pyrrole nitrogens is 1. The highest BCUT2D eigenvalue weighted by Gasteiger charge is 2.34. The Bertz CT molecular complexity index is 715. The number of imidazole rings is 1. The number of likely N-dealkylation sites (N-methyl/N-ethyl adjacent to an activating group) is 1. The minimum Gasteiger partial charge on any atom is -0.456 e. The van der Waals surface area contributed by atoms with Crippen LogP contribution >= 0.6 is 15.9 Å². The molecule has 0 saturated carbocycles. The first kappa shape index (κ1) is 14.0. The van der Waals surface area contributed by atoms with E-state index in [0.717, 1.165) is 9.99 Å². The topological polar surface area (TPSA) is 88.2 Å². The van der Waals surface area contributed by atoms with Crippen molar-refractivity contribution in [1.82, 2.24) is 19.9 Å². The second-order valence-corrected chi connectivity index (χ2v) is 5.79. The first-order chi connectivity index (χ1) is 10.0. The number of aromatic amines is 1. The van der Waals surface area contributed by atoms with Gasteiger partial charge in [0.05, 0.1) is 5.52 Å². The fraction of sp³-hybridized carbons (Fsp3) is 0.385. The number of carbonyl (C=O) groups is 2. The Morgan fingerprint density at radius 3 is 3.14 bits per heavy atom. The largest absolute Gasteiger partial charge is 0.456 e. The minimum absolute atomic E-state index is 0.0327. The summed E-state index contributed by atoms with van der Waals surface area (Å²) in [5.74, 6) is 0.0867. The number of likely N-dealkylation sites (tertiary alicyclic amines) is 1. The van der Waals surface area contributed by atoms with Crippen molar-refractivity contribution < 1.29 is 14.3 Å². The minimum atomic E-state index is -0.492. The smallest absolute Gasteiger partial charge is 0.329 e. The molecule has 1 fully saturated rings. The van der Waals surface area contributed by atoms with E-state index in [4.69, 9.17) is 4.74 Å². The third-order valence-electron chi connectivity index (χ3n) is 3.47. The number of pyridine rings is 1. The fourth-order valence-corrected chi connectivity index (χ4v) is 2.64. The maximum atomic E-state index is 12.0. The lowest BCUT2D eigenvalue weighted by Crippen LogP contribution is -2.36. The fourth-order valence-electron chi connectivity index (χ4n) is 2.31. The van der Waals surface area contributed by atoms with Gasteiger partial charge in [0.25, 0.3) is 0 Å². The Morgan fingerprint density at radius 2 is 2.43 bits per heavy atom. The number of hydrogen-bond acceptors (Lipinski definition) is 5. The number of halogens is 1. The molecule has 21 heavy (non-hydrogen) atoms. The molecule has 1 atom stereocenters. The number of aromatic nitrogens is 3. The maximum absolute atomic E-state index is 12.0. The van der Waals surface area contributed by atoms with Crippen LogP contribution in [0.3, 0.4) is 0 Å². The summed E-state index contributed by atoms with van der Waals surface area (Å²) in [7, 11) is 1.61. The van der Waals surface area contributed by atoms with Crippen LogP contribution in [0.15, 0.2) is 16.7 Å². The molecule has 8 heteroatoms. The Morgan fingerprint density at radius 1 is 1.62 bits per heavy atom. The number of esters is 1. The number of ether oxygens (including phenoxy) is 1. The van der Waals surface area contributed by atoms with Crippen LogP contribution in [0.25, 0.3) is 11.2 Å². The molecule has 2 aromatic heterocycles. The highest BCUT2D eigenvalue weighted by molar-refractivity contribution is 9.10. The third-order valence-corrected chi connectivity index (χ3v) is 3.90. The van der Waals surface area contributed by atoms with Crippen molar-refractivity contribution in [3.63, 3.8) is 0 Å². The van der Waals surface area contributed by atoms with Crippen molar-refractivity contribution >= 4 is 39.0 Å². The van der Waals surface area contributed by atoms with Gasteiger partial charge in [-0.05, 0) is 28.4 Å². The molecule has 1 aliphatic heterocycles. The first-order valence-electron chi connectivity index (χ1n) is 6.47. The molecule has 1 N–H and O–H groups in total. The van der Waals surface area contributed by atoms with Crippen LogP contribution in [0.4, 0.5) is 0 Å². The van der Waals surface area contributed by atoms with Gasteiger partial charge in [-0.25, -0.2) is 14.8 Å². The lowest BCUT2D eigenvalue weighted by Gasteiger charge is -2.17. The van der Waals surface area contributed by atoms with E-state index in [1.165, 1.54) is 4.90 Å². The Kier molecular flexibility index (Phi) is 3.62. The number of carbonyl (C=O) groups excluding carboxylic acids is 2. The standard InChI is InChI=1S/C13H13BrN4O3/c1-18-9(2-3-11(18)19)13(20)21-6-10-16-8-4-7(14)5-15-12(8)17-10/h4-5,9H,2-3,6H2,1H3,(H,15,16,17). The van der Waals surface area contributed by atoms with Crippen LogP contribution < -0.4 is 0 Å². The van der Waals surface area contributed by atoms with E-state index in [9.17, 15) is 9.59 Å². The van der Waals surface area contributed by atoms with Crippen molar-refractivity contribution in [2.75, 3.05) is 7.05 Å². The summed E-state index contributed by atoms with van der Waals surface area (Å²) in [5.41, 5.74) is 1.33. The van der Waals surface area contributed by atoms with Crippen LogP contribution in [0.5, 0.6) is 0 Å². The van der Waals surface area contributed by atoms with Gasteiger partial charge < -0.3 is 14.6 Å². The van der Waals surface area contributed by atoms with E-state index < -0.39 is 12.0 Å². The summed E-state index contributed by atoms with van der Waals surface area (Å²) in [5, 5.41) is 0. The van der Waals surface area contributed by atoms with E-state index in [0.29, 0.717) is 24.3 Å². The van der Waals surface area contributed by atoms with Gasteiger partial charge >= 0.3 is 5.97 Å². The molecule has 0 radical (unpaired) electrons. The summed E-state index contributed by atoms with van der Waals surface area (Å²) in [6.07, 6.45) is 2.54. The molecule has 3 rings (SSSR count). The summed E-state index contributed by atoms with van der Waals surface area (Å²) in [4.78, 5) is 36.2. The van der Waals surface area contributed by atoms with Crippen molar-refractivity contribution in [3.8, 4) is 0 Å². The summed E-state index contributed by atoms with van der Waals surface area (Å²) < 4.78 is 6.07. The van der Waals surface area contributed by atoms with Gasteiger partial charge in [-0.1, -0.05) is 0 Å². The molecular formula is C13H13BrN4O3. The zero-order chi connectivity index (χ0) is 15.0. The van der Waals surface area contributed by atoms with Crippen molar-refractivity contribution in [2.24, 2.45) is 0 Å². The highest BCUT2D eigenvalue weighted by atomic mass is 79.9. The molecule has 0 bridgehead atoms. The predicted octanol–water partition coefficient (Wildman–Crippen LogP) is 1.38. The highest BCUT2D eigenvalue weighted by Crippen LogP contribution is 2.19. The number of amides is 1. The second kappa shape index (κ2) is 5.44. The Labute approximate surface area is 128 Å². The van der Waals surface area contributed by atoms with E-state index >= 15 is 0 Å². The second-order valence-electron chi connectivity index (χ2n) is 4.88. The number of hydrogen-bond donors (Lipinski definition) is 1. The SMILES string of the molecule is CN1C(=O)CCC1C(=O)OCc1nc2ncc(Br)cc2[nH]1. The monoisotopic (exact) mass is 352 g/mol. The maximum Gasteiger partial charge on any atom is 0.329 e. The lowest BCUT2D eigenvalue weighted by atomic mass is 10.2. The van der Waals surface area contributed by atoms with Gasteiger partial charge in [-0.3, -0.25) is 4.79 Å². The molecule has 0 aromatic carbocycles. The molecule has 110 valence electrons. The molecule has 0 spiro atoms. The number of fused-ring (bicyclic) bond motifs is 1. The number of nitrogens with zero attached hydrogens (tertiary/aromatic N) is 3. The molecule has 7 nitrogen and oxygen atoms in total. The molecule has 1 unspecified atom stereocenters. The summed E-state index contributed by atoms with van der Waals surface area (Å²) in [6.45, 7) is 0.0331. The summed E-state index contributed by atoms with van der Waals surface area (Å²) in [6, 6.07) is 1.36. The molecule has 1 amide bonds. The van der Waals surface area contributed by atoms with Gasteiger partial charge in [-0.15, -0.1) is 0 Å². The molecule has 0 aliphatic carbocycles. The van der Waals surface area contributed by atoms with E-state index in [1.807, 2.05) is 6.07 Å². The van der Waals surface area contributed by atoms with E-state index in [-0.39, 0.29) is 12.5 Å². The molecule has 1 saturated heterocycles. The summed E-state index contributed by atoms with van der Waals surface area (Å²) >= 11 is 3.33. The van der Waals surface area contributed by atoms with Crippen molar-refractivity contribution in [3.05, 3.63) is 22.6 Å². The zero-order valence-corrected chi connectivity index (χ0v) is 12.9. The van der Waals surface area contributed by atoms with Crippen LogP contribution in [0.2, 0.25) is 0 Å². The molecule has 1 aliphatic rings. The van der Waals surface area contributed by atoms with Crippen molar-refractivity contribution in [1.29, 1.82) is 0 Å². The third kappa shape index (κ3) is 2.76. The van der Waals surface area contributed by atoms with Crippen LogP contribution in [-0.2, 0) is 20.9 Å². The Balaban J connectivity index is 1.66. The van der Waals surface area contributed by atoms with Gasteiger partial charge in [0.1, 0.15) is 18.5 Å². The molecular weight excluding hydrogens is 340 g/mol. The van der Waals surface area contributed by atoms with Gasteiger partial charge in [0.15, 0.2) is 5.65 Å². The average molecular weight is 353 g/mol. The van der Waals surface area contributed by atoms with Gasteiger partial charge in [0, 0.05) is 24.1 Å². The molecule has 2 aromatic rings. The quantitative estimate of drug-likeness (QED) is 0.843.